The molecule has 0 radical (unpaired) electrons. The molecule has 1 unspecified atom stereocenters. The van der Waals surface area contributed by atoms with Gasteiger partial charge >= 0.3 is 0 Å². The highest BCUT2D eigenvalue weighted by Crippen LogP contribution is 2.20. The summed E-state index contributed by atoms with van der Waals surface area (Å²) >= 11 is 1.62. The van der Waals surface area contributed by atoms with E-state index in [1.165, 1.54) is 18.2 Å². The number of hydrogen-bond acceptors (Lipinski definition) is 5. The van der Waals surface area contributed by atoms with Crippen molar-refractivity contribution in [1.82, 2.24) is 5.32 Å². The fraction of sp³-hybridized carbons (Fsp3) is 0.214. The maximum absolute atomic E-state index is 12.2. The van der Waals surface area contributed by atoms with E-state index >= 15 is 0 Å². The first-order chi connectivity index (χ1) is 9.97. The van der Waals surface area contributed by atoms with Gasteiger partial charge in [-0.2, -0.15) is 0 Å². The lowest BCUT2D eigenvalue weighted by atomic mass is 10.1. The van der Waals surface area contributed by atoms with Crippen LogP contribution in [0.15, 0.2) is 35.7 Å². The number of nitrogen functional groups attached to an aromatic ring is 1. The first-order valence-electron chi connectivity index (χ1n) is 6.34. The van der Waals surface area contributed by atoms with Crippen molar-refractivity contribution in [3.63, 3.8) is 0 Å². The van der Waals surface area contributed by atoms with Crippen LogP contribution in [0.1, 0.15) is 22.2 Å². The van der Waals surface area contributed by atoms with Gasteiger partial charge < -0.3 is 11.1 Å². The van der Waals surface area contributed by atoms with E-state index in [2.05, 4.69) is 5.32 Å². The monoisotopic (exact) mass is 305 g/mol. The molecule has 2 aromatic rings. The van der Waals surface area contributed by atoms with Crippen LogP contribution in [-0.2, 0) is 6.42 Å². The molecule has 1 atom stereocenters. The van der Waals surface area contributed by atoms with Gasteiger partial charge in [-0.3, -0.25) is 14.9 Å². The molecule has 1 aromatic carbocycles. The van der Waals surface area contributed by atoms with Crippen LogP contribution >= 0.6 is 11.3 Å². The summed E-state index contributed by atoms with van der Waals surface area (Å²) in [5.74, 6) is -0.403. The van der Waals surface area contributed by atoms with Gasteiger partial charge in [0.25, 0.3) is 11.6 Å². The number of carbonyl (C=O) groups is 1. The molecule has 7 heteroatoms. The average Bonchev–Trinajstić information content (AvgIpc) is 2.91. The van der Waals surface area contributed by atoms with Gasteiger partial charge in [0.2, 0.25) is 0 Å². The van der Waals surface area contributed by atoms with E-state index in [1.54, 1.807) is 11.3 Å². The van der Waals surface area contributed by atoms with E-state index in [4.69, 9.17) is 5.73 Å². The van der Waals surface area contributed by atoms with Gasteiger partial charge in [0.15, 0.2) is 0 Å². The van der Waals surface area contributed by atoms with Gasteiger partial charge in [-0.1, -0.05) is 6.07 Å². The summed E-state index contributed by atoms with van der Waals surface area (Å²) in [6.07, 6.45) is 0.707. The number of nitro groups is 1. The van der Waals surface area contributed by atoms with E-state index in [9.17, 15) is 14.9 Å². The van der Waals surface area contributed by atoms with Crippen molar-refractivity contribution >= 4 is 28.6 Å². The van der Waals surface area contributed by atoms with Crippen molar-refractivity contribution in [3.8, 4) is 0 Å². The number of non-ortho nitro benzene ring substituents is 1. The third kappa shape index (κ3) is 3.79. The van der Waals surface area contributed by atoms with E-state index in [0.29, 0.717) is 6.42 Å². The number of rotatable bonds is 5. The van der Waals surface area contributed by atoms with Gasteiger partial charge in [-0.05, 0) is 24.4 Å². The Bertz CT molecular complexity index is 655. The van der Waals surface area contributed by atoms with Gasteiger partial charge in [-0.25, -0.2) is 0 Å². The highest BCUT2D eigenvalue weighted by Gasteiger charge is 2.17. The molecule has 3 N–H and O–H groups in total. The van der Waals surface area contributed by atoms with Crippen LogP contribution in [0.25, 0.3) is 0 Å². The normalized spacial score (nSPS) is 11.9. The number of nitrogens with one attached hydrogen (secondary N) is 1. The maximum Gasteiger partial charge on any atom is 0.270 e. The van der Waals surface area contributed by atoms with Crippen LogP contribution in [-0.4, -0.2) is 16.9 Å². The summed E-state index contributed by atoms with van der Waals surface area (Å²) in [4.78, 5) is 23.5. The van der Waals surface area contributed by atoms with E-state index < -0.39 is 10.8 Å². The Balaban J connectivity index is 2.09. The van der Waals surface area contributed by atoms with Gasteiger partial charge in [0.05, 0.1) is 10.5 Å². The molecule has 0 saturated heterocycles. The molecule has 0 aliphatic carbocycles. The summed E-state index contributed by atoms with van der Waals surface area (Å²) in [5, 5.41) is 15.5. The number of amides is 1. The number of nitrogens with zero attached hydrogens (tertiary/aromatic N) is 1. The Hall–Kier alpha value is -2.41. The molecule has 0 aliphatic rings. The minimum absolute atomic E-state index is 0.0881. The third-order valence-corrected chi connectivity index (χ3v) is 3.86. The number of hydrogen-bond donors (Lipinski definition) is 2. The molecule has 0 bridgehead atoms. The second-order valence-electron chi connectivity index (χ2n) is 4.69. The fourth-order valence-corrected chi connectivity index (χ4v) is 2.77. The minimum Gasteiger partial charge on any atom is -0.398 e. The highest BCUT2D eigenvalue weighted by atomic mass is 32.1. The Labute approximate surface area is 125 Å². The smallest absolute Gasteiger partial charge is 0.270 e. The van der Waals surface area contributed by atoms with Crippen LogP contribution in [0, 0.1) is 10.1 Å². The number of nitro benzene ring substituents is 1. The third-order valence-electron chi connectivity index (χ3n) is 2.96. The molecular weight excluding hydrogens is 290 g/mol. The van der Waals surface area contributed by atoms with E-state index in [1.807, 2.05) is 24.4 Å². The Morgan fingerprint density at radius 3 is 2.86 bits per heavy atom. The van der Waals surface area contributed by atoms with Crippen LogP contribution in [0.2, 0.25) is 0 Å². The van der Waals surface area contributed by atoms with Crippen molar-refractivity contribution in [2.75, 3.05) is 5.73 Å². The molecule has 0 aliphatic heterocycles. The molecule has 1 heterocycles. The highest BCUT2D eigenvalue weighted by molar-refractivity contribution is 7.09. The van der Waals surface area contributed by atoms with Crippen LogP contribution < -0.4 is 11.1 Å². The lowest BCUT2D eigenvalue weighted by molar-refractivity contribution is -0.384. The predicted octanol–water partition coefficient (Wildman–Crippen LogP) is 2.60. The van der Waals surface area contributed by atoms with Crippen molar-refractivity contribution in [2.24, 2.45) is 0 Å². The second-order valence-corrected chi connectivity index (χ2v) is 5.72. The molecule has 2 rings (SSSR count). The quantitative estimate of drug-likeness (QED) is 0.504. The Morgan fingerprint density at radius 2 is 2.24 bits per heavy atom. The predicted molar refractivity (Wildman–Crippen MR) is 82.5 cm³/mol. The fourth-order valence-electron chi connectivity index (χ4n) is 1.94. The molecule has 1 amide bonds. The second kappa shape index (κ2) is 6.36. The Morgan fingerprint density at radius 1 is 1.48 bits per heavy atom. The Kier molecular flexibility index (Phi) is 4.54. The molecule has 6 nitrogen and oxygen atoms in total. The summed E-state index contributed by atoms with van der Waals surface area (Å²) in [6, 6.07) is 7.71. The molecule has 110 valence electrons. The molecule has 0 spiro atoms. The number of anilines is 1. The van der Waals surface area contributed by atoms with Crippen molar-refractivity contribution in [1.29, 1.82) is 0 Å². The van der Waals surface area contributed by atoms with Gasteiger partial charge in [0.1, 0.15) is 0 Å². The van der Waals surface area contributed by atoms with Crippen LogP contribution in [0.5, 0.6) is 0 Å². The summed E-state index contributed by atoms with van der Waals surface area (Å²) in [7, 11) is 0. The number of carbonyl (C=O) groups excluding carboxylic acids is 1. The molecule has 0 fully saturated rings. The number of nitrogens with two attached hydrogens (primary N) is 1. The van der Waals surface area contributed by atoms with E-state index in [0.717, 1.165) is 4.88 Å². The zero-order valence-electron chi connectivity index (χ0n) is 11.4. The summed E-state index contributed by atoms with van der Waals surface area (Å²) < 4.78 is 0. The largest absolute Gasteiger partial charge is 0.398 e. The zero-order chi connectivity index (χ0) is 15.4. The summed E-state index contributed by atoms with van der Waals surface area (Å²) in [5.41, 5.74) is 5.92. The SMILES string of the molecule is CC(Cc1cccs1)NC(=O)c1cc([N+](=O)[O-])ccc1N. The van der Waals surface area contributed by atoms with Crippen molar-refractivity contribution < 1.29 is 9.72 Å². The molecule has 1 aromatic heterocycles. The average molecular weight is 305 g/mol. The molecule has 0 saturated carbocycles. The maximum atomic E-state index is 12.2. The standard InChI is InChI=1S/C14H15N3O3S/c1-9(7-11-3-2-6-21-11)16-14(18)12-8-10(17(19)20)4-5-13(12)15/h2-6,8-9H,7,15H2,1H3,(H,16,18). The number of thiophene rings is 1. The first kappa shape index (κ1) is 15.0. The summed E-state index contributed by atoms with van der Waals surface area (Å²) in [6.45, 7) is 1.88. The minimum atomic E-state index is -0.550. The molecular formula is C14H15N3O3S. The topological polar surface area (TPSA) is 98.3 Å². The number of benzene rings is 1. The van der Waals surface area contributed by atoms with Crippen molar-refractivity contribution in [3.05, 3.63) is 56.3 Å². The van der Waals surface area contributed by atoms with Crippen molar-refractivity contribution in [2.45, 2.75) is 19.4 Å². The van der Waals surface area contributed by atoms with Crippen LogP contribution in [0.4, 0.5) is 11.4 Å². The lowest BCUT2D eigenvalue weighted by Crippen LogP contribution is -2.34. The van der Waals surface area contributed by atoms with Gasteiger partial charge in [-0.15, -0.1) is 11.3 Å². The van der Waals surface area contributed by atoms with E-state index in [-0.39, 0.29) is 23.0 Å². The van der Waals surface area contributed by atoms with Crippen LogP contribution in [0.3, 0.4) is 0 Å². The van der Waals surface area contributed by atoms with Gasteiger partial charge in [0, 0.05) is 35.2 Å². The molecule has 21 heavy (non-hydrogen) atoms. The zero-order valence-corrected chi connectivity index (χ0v) is 12.2. The lowest BCUT2D eigenvalue weighted by Gasteiger charge is -2.14. The first-order valence-corrected chi connectivity index (χ1v) is 7.22.